The number of aliphatic hydroxyl groups is 2. The predicted molar refractivity (Wildman–Crippen MR) is 103 cm³/mol. The average Bonchev–Trinajstić information content (AvgIpc) is 3.32. The summed E-state index contributed by atoms with van der Waals surface area (Å²) in [5.74, 6) is -1.68. The second kappa shape index (κ2) is 9.64. The fourth-order valence-corrected chi connectivity index (χ4v) is 3.99. The molecule has 2 heterocycles. The van der Waals surface area contributed by atoms with Crippen molar-refractivity contribution in [2.24, 2.45) is 5.73 Å². The van der Waals surface area contributed by atoms with E-state index in [1.54, 1.807) is 0 Å². The third kappa shape index (κ3) is 5.12. The maximum Gasteiger partial charge on any atom is 0.246 e. The lowest BCUT2D eigenvalue weighted by Crippen LogP contribution is -2.58. The first-order valence-electron chi connectivity index (χ1n) is 10.1. The number of hydrogen-bond acceptors (Lipinski definition) is 7. The van der Waals surface area contributed by atoms with Gasteiger partial charge in [-0.25, -0.2) is 0 Å². The lowest BCUT2D eigenvalue weighted by molar-refractivity contribution is -0.148. The molecule has 5 N–H and O–H groups in total. The highest BCUT2D eigenvalue weighted by atomic mass is 16.3. The fourth-order valence-electron chi connectivity index (χ4n) is 3.99. The van der Waals surface area contributed by atoms with Gasteiger partial charge in [0.1, 0.15) is 24.2 Å². The first-order valence-corrected chi connectivity index (χ1v) is 10.1. The van der Waals surface area contributed by atoms with E-state index in [0.717, 1.165) is 0 Å². The number of carbonyl (C=O) groups excluding carboxylic acids is 4. The van der Waals surface area contributed by atoms with Gasteiger partial charge in [-0.1, -0.05) is 0 Å². The van der Waals surface area contributed by atoms with Crippen LogP contribution >= 0.6 is 0 Å². The number of amides is 3. The van der Waals surface area contributed by atoms with Gasteiger partial charge >= 0.3 is 0 Å². The second-order valence-corrected chi connectivity index (χ2v) is 7.98. The van der Waals surface area contributed by atoms with E-state index in [1.165, 1.54) is 30.6 Å². The standard InChI is InChI=1S/C19H32N4O6/c1-10(24)15(20)19(29)23-9-5-7-14(23)18(28)22-8-4-6-13(22)17(27)21-16(11(2)25)12(3)26/h10-11,13-16,24-25H,4-9,20H2,1-3H3,(H,21,27)/t10-,11-,13+,14+,15?,16+/m1/s1. The van der Waals surface area contributed by atoms with E-state index in [4.69, 9.17) is 5.73 Å². The summed E-state index contributed by atoms with van der Waals surface area (Å²) in [7, 11) is 0. The van der Waals surface area contributed by atoms with Gasteiger partial charge in [-0.2, -0.15) is 0 Å². The lowest BCUT2D eigenvalue weighted by atomic mass is 10.1. The van der Waals surface area contributed by atoms with Gasteiger partial charge < -0.3 is 31.1 Å². The number of aliphatic hydroxyl groups excluding tert-OH is 2. The summed E-state index contributed by atoms with van der Waals surface area (Å²) >= 11 is 0. The number of nitrogens with zero attached hydrogens (tertiary/aromatic N) is 2. The normalized spacial score (nSPS) is 26.0. The van der Waals surface area contributed by atoms with Crippen molar-refractivity contribution in [3.8, 4) is 0 Å². The lowest BCUT2D eigenvalue weighted by Gasteiger charge is -2.33. The van der Waals surface area contributed by atoms with Crippen LogP contribution in [0.2, 0.25) is 0 Å². The van der Waals surface area contributed by atoms with Gasteiger partial charge in [0.15, 0.2) is 5.78 Å². The van der Waals surface area contributed by atoms with Gasteiger partial charge in [-0.15, -0.1) is 0 Å². The fraction of sp³-hybridized carbons (Fsp3) is 0.789. The minimum Gasteiger partial charge on any atom is -0.391 e. The van der Waals surface area contributed by atoms with Gasteiger partial charge in [-0.05, 0) is 46.5 Å². The smallest absolute Gasteiger partial charge is 0.246 e. The highest BCUT2D eigenvalue weighted by molar-refractivity contribution is 5.95. The molecule has 0 aliphatic carbocycles. The van der Waals surface area contributed by atoms with Crippen molar-refractivity contribution in [3.63, 3.8) is 0 Å². The van der Waals surface area contributed by atoms with E-state index in [1.807, 2.05) is 0 Å². The van der Waals surface area contributed by atoms with Gasteiger partial charge in [0.05, 0.1) is 12.2 Å². The molecule has 164 valence electrons. The number of nitrogens with two attached hydrogens (primary N) is 1. The monoisotopic (exact) mass is 412 g/mol. The van der Waals surface area contributed by atoms with Crippen LogP contribution in [0.15, 0.2) is 0 Å². The molecule has 29 heavy (non-hydrogen) atoms. The molecule has 0 aromatic heterocycles. The Morgan fingerprint density at radius 2 is 1.52 bits per heavy atom. The van der Waals surface area contributed by atoms with Crippen LogP contribution in [0.4, 0.5) is 0 Å². The van der Waals surface area contributed by atoms with Crippen LogP contribution in [0, 0.1) is 0 Å². The Labute approximate surface area is 170 Å². The van der Waals surface area contributed by atoms with Crippen molar-refractivity contribution in [1.29, 1.82) is 0 Å². The van der Waals surface area contributed by atoms with Crippen LogP contribution in [0.1, 0.15) is 46.5 Å². The van der Waals surface area contributed by atoms with Gasteiger partial charge in [-0.3, -0.25) is 19.2 Å². The van der Waals surface area contributed by atoms with Crippen LogP contribution in [0.3, 0.4) is 0 Å². The minimum atomic E-state index is -1.11. The highest BCUT2D eigenvalue weighted by Crippen LogP contribution is 2.25. The number of ketones is 1. The van der Waals surface area contributed by atoms with Crippen molar-refractivity contribution in [3.05, 3.63) is 0 Å². The van der Waals surface area contributed by atoms with Crippen LogP contribution < -0.4 is 11.1 Å². The van der Waals surface area contributed by atoms with Crippen LogP contribution in [0.25, 0.3) is 0 Å². The molecular weight excluding hydrogens is 380 g/mol. The number of nitrogens with one attached hydrogen (secondary N) is 1. The summed E-state index contributed by atoms with van der Waals surface area (Å²) in [5, 5.41) is 21.9. The average molecular weight is 412 g/mol. The molecule has 3 amide bonds. The molecule has 10 nitrogen and oxygen atoms in total. The molecular formula is C19H32N4O6. The van der Waals surface area contributed by atoms with Crippen molar-refractivity contribution < 1.29 is 29.4 Å². The molecule has 2 saturated heterocycles. The number of Topliss-reactive ketones (excluding diaryl/α,β-unsaturated/α-hetero) is 1. The van der Waals surface area contributed by atoms with E-state index in [9.17, 15) is 29.4 Å². The predicted octanol–water partition coefficient (Wildman–Crippen LogP) is -1.87. The van der Waals surface area contributed by atoms with Crippen molar-refractivity contribution in [2.45, 2.75) is 82.8 Å². The van der Waals surface area contributed by atoms with E-state index >= 15 is 0 Å². The molecule has 2 aliphatic heterocycles. The van der Waals surface area contributed by atoms with Crippen molar-refractivity contribution in [1.82, 2.24) is 15.1 Å². The van der Waals surface area contributed by atoms with E-state index in [0.29, 0.717) is 38.8 Å². The summed E-state index contributed by atoms with van der Waals surface area (Å²) in [4.78, 5) is 52.9. The maximum atomic E-state index is 13.2. The first kappa shape index (κ1) is 23.2. The SMILES string of the molecule is CC(=O)[C@@H](NC(=O)[C@@H]1CCCN1C(=O)[C@@H]1CCCN1C(=O)C(N)[C@@H](C)O)[C@@H](C)O. The molecule has 0 saturated carbocycles. The highest BCUT2D eigenvalue weighted by Gasteiger charge is 2.43. The molecule has 10 heteroatoms. The van der Waals surface area contributed by atoms with Crippen molar-refractivity contribution in [2.75, 3.05) is 13.1 Å². The Morgan fingerprint density at radius 1 is 0.966 bits per heavy atom. The number of hydrogen-bond donors (Lipinski definition) is 4. The zero-order chi connectivity index (χ0) is 21.9. The molecule has 6 atom stereocenters. The molecule has 2 fully saturated rings. The molecule has 0 spiro atoms. The summed E-state index contributed by atoms with van der Waals surface area (Å²) in [6.07, 6.45) is 0.0759. The molecule has 0 radical (unpaired) electrons. The van der Waals surface area contributed by atoms with Gasteiger partial charge in [0.25, 0.3) is 0 Å². The minimum absolute atomic E-state index is 0.331. The zero-order valence-electron chi connectivity index (χ0n) is 17.2. The van der Waals surface area contributed by atoms with E-state index < -0.39 is 48.2 Å². The Morgan fingerprint density at radius 3 is 2.03 bits per heavy atom. The third-order valence-corrected chi connectivity index (χ3v) is 5.68. The molecule has 0 aromatic rings. The topological polar surface area (TPSA) is 153 Å². The largest absolute Gasteiger partial charge is 0.391 e. The quantitative estimate of drug-likeness (QED) is 0.382. The molecule has 2 aliphatic rings. The maximum absolute atomic E-state index is 13.2. The Kier molecular flexibility index (Phi) is 7.73. The summed E-state index contributed by atoms with van der Waals surface area (Å²) in [6.45, 7) is 4.86. The van der Waals surface area contributed by atoms with Crippen molar-refractivity contribution >= 4 is 23.5 Å². The number of likely N-dealkylation sites (tertiary alicyclic amines) is 2. The Bertz CT molecular complexity index is 653. The zero-order valence-corrected chi connectivity index (χ0v) is 17.2. The molecule has 2 rings (SSSR count). The second-order valence-electron chi connectivity index (χ2n) is 7.98. The Balaban J connectivity index is 2.11. The molecule has 0 bridgehead atoms. The summed E-state index contributed by atoms with van der Waals surface area (Å²) < 4.78 is 0. The Hall–Kier alpha value is -2.04. The van der Waals surface area contributed by atoms with Gasteiger partial charge in [0, 0.05) is 13.1 Å². The first-order chi connectivity index (χ1) is 13.6. The van der Waals surface area contributed by atoms with Crippen LogP contribution in [-0.2, 0) is 19.2 Å². The number of carbonyl (C=O) groups is 4. The van der Waals surface area contributed by atoms with Crippen LogP contribution in [0.5, 0.6) is 0 Å². The van der Waals surface area contributed by atoms with Gasteiger partial charge in [0.2, 0.25) is 17.7 Å². The molecule has 0 aromatic carbocycles. The summed E-state index contributed by atoms with van der Waals surface area (Å²) in [5.41, 5.74) is 5.76. The van der Waals surface area contributed by atoms with E-state index in [-0.39, 0.29) is 11.7 Å². The molecule has 1 unspecified atom stereocenters. The summed E-state index contributed by atoms with van der Waals surface area (Å²) in [6, 6.07) is -3.62. The number of rotatable bonds is 7. The van der Waals surface area contributed by atoms with Crippen LogP contribution in [-0.4, -0.2) is 93.0 Å². The third-order valence-electron chi connectivity index (χ3n) is 5.68. The van der Waals surface area contributed by atoms with E-state index in [2.05, 4.69) is 5.32 Å².